The van der Waals surface area contributed by atoms with Gasteiger partial charge in [-0.05, 0) is 52.1 Å². The molecular formula is C20H29BO3. The van der Waals surface area contributed by atoms with E-state index in [1.54, 1.807) is 0 Å². The maximum Gasteiger partial charge on any atom is 0.495 e. The van der Waals surface area contributed by atoms with Crippen LogP contribution in [0.4, 0.5) is 0 Å². The number of carbonyl (C=O) groups is 1. The van der Waals surface area contributed by atoms with Crippen molar-refractivity contribution in [1.29, 1.82) is 0 Å². The second-order valence-corrected chi connectivity index (χ2v) is 7.54. The highest BCUT2D eigenvalue weighted by Gasteiger charge is 2.52. The Labute approximate surface area is 146 Å². The van der Waals surface area contributed by atoms with Crippen molar-refractivity contribution in [3.63, 3.8) is 0 Å². The highest BCUT2D eigenvalue weighted by atomic mass is 16.7. The molecule has 1 aliphatic heterocycles. The normalized spacial score (nSPS) is 20.0. The zero-order valence-electron chi connectivity index (χ0n) is 15.8. The van der Waals surface area contributed by atoms with Gasteiger partial charge in [-0.3, -0.25) is 4.79 Å². The summed E-state index contributed by atoms with van der Waals surface area (Å²) in [5.41, 5.74) is 2.55. The molecule has 0 radical (unpaired) electrons. The van der Waals surface area contributed by atoms with Crippen LogP contribution in [0.2, 0.25) is 0 Å². The maximum atomic E-state index is 11.7. The first-order chi connectivity index (χ1) is 11.2. The number of hydrogen-bond acceptors (Lipinski definition) is 3. The molecule has 0 bridgehead atoms. The van der Waals surface area contributed by atoms with Gasteiger partial charge in [-0.15, -0.1) is 0 Å². The number of Topliss-reactive ketones (excluding diaryl/α,β-unsaturated/α-hetero) is 1. The molecule has 4 heteroatoms. The van der Waals surface area contributed by atoms with Gasteiger partial charge in [-0.2, -0.15) is 0 Å². The lowest BCUT2D eigenvalue weighted by Gasteiger charge is -2.32. The summed E-state index contributed by atoms with van der Waals surface area (Å²) < 4.78 is 12.5. The molecule has 1 aromatic rings. The van der Waals surface area contributed by atoms with Gasteiger partial charge in [-0.25, -0.2) is 0 Å². The lowest BCUT2D eigenvalue weighted by molar-refractivity contribution is -0.118. The van der Waals surface area contributed by atoms with E-state index < -0.39 is 7.12 Å². The van der Waals surface area contributed by atoms with Gasteiger partial charge in [0.2, 0.25) is 0 Å². The topological polar surface area (TPSA) is 35.5 Å². The van der Waals surface area contributed by atoms with E-state index in [0.717, 1.165) is 23.0 Å². The van der Waals surface area contributed by atoms with Crippen LogP contribution in [0.3, 0.4) is 0 Å². The van der Waals surface area contributed by atoms with Crippen molar-refractivity contribution in [2.75, 3.05) is 0 Å². The predicted octanol–water partition coefficient (Wildman–Crippen LogP) is 4.85. The highest BCUT2D eigenvalue weighted by Crippen LogP contribution is 2.41. The fourth-order valence-electron chi connectivity index (χ4n) is 2.80. The summed E-state index contributed by atoms with van der Waals surface area (Å²) in [6, 6.07) is 10.2. The molecule has 0 amide bonds. The van der Waals surface area contributed by atoms with Gasteiger partial charge in [0, 0.05) is 12.8 Å². The van der Waals surface area contributed by atoms with Crippen molar-refractivity contribution in [1.82, 2.24) is 0 Å². The second-order valence-electron chi connectivity index (χ2n) is 7.54. The maximum absolute atomic E-state index is 11.7. The van der Waals surface area contributed by atoms with E-state index in [1.165, 1.54) is 0 Å². The van der Waals surface area contributed by atoms with E-state index in [0.29, 0.717) is 12.8 Å². The van der Waals surface area contributed by atoms with Crippen LogP contribution in [0.25, 0.3) is 5.47 Å². The minimum atomic E-state index is -0.408. The Balaban J connectivity index is 2.36. The van der Waals surface area contributed by atoms with Crippen LogP contribution < -0.4 is 0 Å². The molecule has 0 saturated carbocycles. The summed E-state index contributed by atoms with van der Waals surface area (Å²) in [5, 5.41) is 0. The van der Waals surface area contributed by atoms with Crippen LogP contribution in [0, 0.1) is 0 Å². The highest BCUT2D eigenvalue weighted by molar-refractivity contribution is 6.69. The molecule has 130 valence electrons. The van der Waals surface area contributed by atoms with Crippen LogP contribution in [0.5, 0.6) is 0 Å². The third-order valence-corrected chi connectivity index (χ3v) is 5.21. The molecule has 0 aliphatic carbocycles. The predicted molar refractivity (Wildman–Crippen MR) is 99.7 cm³/mol. The molecule has 0 spiro atoms. The molecule has 3 nitrogen and oxygen atoms in total. The van der Waals surface area contributed by atoms with Crippen LogP contribution in [0.1, 0.15) is 66.4 Å². The minimum Gasteiger partial charge on any atom is -0.399 e. The average molecular weight is 328 g/mol. The first-order valence-corrected chi connectivity index (χ1v) is 8.80. The SMILES string of the molecule is CCC(=O)CC/C(C)=C(/B1OC(C)(C)C(C)(C)O1)c1ccccc1. The fraction of sp³-hybridized carbons (Fsp3) is 0.550. The van der Waals surface area contributed by atoms with Gasteiger partial charge < -0.3 is 9.31 Å². The molecule has 1 aromatic carbocycles. The first-order valence-electron chi connectivity index (χ1n) is 8.80. The van der Waals surface area contributed by atoms with Crippen molar-refractivity contribution >= 4 is 18.4 Å². The standard InChI is InChI=1S/C20H29BO3/c1-7-17(22)14-13-15(2)18(16-11-9-8-10-12-16)21-23-19(3,4)20(5,6)24-21/h8-12H,7,13-14H2,1-6H3/b18-15+. The van der Waals surface area contributed by atoms with E-state index in [-0.39, 0.29) is 17.0 Å². The van der Waals surface area contributed by atoms with Gasteiger partial charge in [-0.1, -0.05) is 42.8 Å². The molecule has 1 heterocycles. The van der Waals surface area contributed by atoms with E-state index >= 15 is 0 Å². The van der Waals surface area contributed by atoms with E-state index in [9.17, 15) is 4.79 Å². The zero-order chi connectivity index (χ0) is 18.0. The molecule has 1 aliphatic rings. The average Bonchev–Trinajstić information content (AvgIpc) is 2.73. The Morgan fingerprint density at radius 3 is 2.04 bits per heavy atom. The summed E-state index contributed by atoms with van der Waals surface area (Å²) in [6.45, 7) is 12.2. The third-order valence-electron chi connectivity index (χ3n) is 5.21. The van der Waals surface area contributed by atoms with E-state index in [2.05, 4.69) is 46.8 Å². The van der Waals surface area contributed by atoms with Gasteiger partial charge in [0.05, 0.1) is 11.2 Å². The molecule has 0 atom stereocenters. The molecule has 24 heavy (non-hydrogen) atoms. The van der Waals surface area contributed by atoms with Gasteiger partial charge in [0.25, 0.3) is 0 Å². The van der Waals surface area contributed by atoms with Crippen molar-refractivity contribution in [2.24, 2.45) is 0 Å². The Morgan fingerprint density at radius 2 is 1.54 bits per heavy atom. The van der Waals surface area contributed by atoms with Crippen molar-refractivity contribution in [2.45, 2.75) is 72.0 Å². The lowest BCUT2D eigenvalue weighted by Crippen LogP contribution is -2.41. The Morgan fingerprint density at radius 1 is 1.00 bits per heavy atom. The second kappa shape index (κ2) is 7.24. The summed E-state index contributed by atoms with van der Waals surface area (Å²) in [5.74, 6) is 0.288. The number of carbonyl (C=O) groups excluding carboxylic acids is 1. The number of hydrogen-bond donors (Lipinski definition) is 0. The largest absolute Gasteiger partial charge is 0.495 e. The van der Waals surface area contributed by atoms with Crippen molar-refractivity contribution in [3.8, 4) is 0 Å². The molecule has 0 unspecified atom stereocenters. The summed E-state index contributed by atoms with van der Waals surface area (Å²) in [4.78, 5) is 11.7. The van der Waals surface area contributed by atoms with Crippen molar-refractivity contribution < 1.29 is 14.1 Å². The third kappa shape index (κ3) is 3.98. The Hall–Kier alpha value is -1.39. The summed E-state index contributed by atoms with van der Waals surface area (Å²) in [6.07, 6.45) is 1.89. The van der Waals surface area contributed by atoms with Crippen LogP contribution in [0.15, 0.2) is 35.9 Å². The molecule has 0 aromatic heterocycles. The van der Waals surface area contributed by atoms with E-state index in [1.807, 2.05) is 25.1 Å². The number of benzene rings is 1. The van der Waals surface area contributed by atoms with Gasteiger partial charge in [0.15, 0.2) is 0 Å². The Bertz CT molecular complexity index is 601. The molecular weight excluding hydrogens is 299 g/mol. The molecule has 0 N–H and O–H groups in total. The molecule has 1 fully saturated rings. The van der Waals surface area contributed by atoms with Crippen LogP contribution in [-0.2, 0) is 14.1 Å². The summed E-state index contributed by atoms with van der Waals surface area (Å²) >= 11 is 0. The van der Waals surface area contributed by atoms with Gasteiger partial charge >= 0.3 is 7.12 Å². The number of rotatable bonds is 6. The van der Waals surface area contributed by atoms with E-state index in [4.69, 9.17) is 9.31 Å². The fourth-order valence-corrected chi connectivity index (χ4v) is 2.80. The monoisotopic (exact) mass is 328 g/mol. The summed E-state index contributed by atoms with van der Waals surface area (Å²) in [7, 11) is -0.408. The minimum absolute atomic E-state index is 0.288. The van der Waals surface area contributed by atoms with Crippen LogP contribution >= 0.6 is 0 Å². The quantitative estimate of drug-likeness (QED) is 0.700. The zero-order valence-corrected chi connectivity index (χ0v) is 15.8. The van der Waals surface area contributed by atoms with Crippen LogP contribution in [-0.4, -0.2) is 24.1 Å². The molecule has 1 saturated heterocycles. The molecule has 2 rings (SSSR count). The first kappa shape index (κ1) is 18.9. The van der Waals surface area contributed by atoms with Crippen molar-refractivity contribution in [3.05, 3.63) is 41.5 Å². The lowest BCUT2D eigenvalue weighted by atomic mass is 9.70. The number of ketones is 1. The smallest absolute Gasteiger partial charge is 0.399 e. The van der Waals surface area contributed by atoms with Gasteiger partial charge in [0.1, 0.15) is 5.78 Å². The number of allylic oxidation sites excluding steroid dienone is 1. The Kier molecular flexibility index (Phi) is 5.72.